The first kappa shape index (κ1) is 19.5. The molecular formula is C20H24N6O2S. The van der Waals surface area contributed by atoms with Gasteiger partial charge in [-0.05, 0) is 43.4 Å². The number of aromatic amines is 1. The summed E-state index contributed by atoms with van der Waals surface area (Å²) in [5, 5.41) is 2.83. The number of hydrogen-bond donors (Lipinski definition) is 3. The van der Waals surface area contributed by atoms with Crippen molar-refractivity contribution in [1.29, 1.82) is 0 Å². The highest BCUT2D eigenvalue weighted by Crippen LogP contribution is 2.33. The standard InChI is InChI=1S/C20H24N6O2S/c1-12-5-16(29-10-13-3-2-4-13)18(21)20(28)26(12)9-17(27)22-7-14-6-15-19(23-8-14)25-11-24-15/h5-6,8,11,13H,2-4,7,9-10,21H2,1H3,(H,22,27)(H,23,24,25). The Balaban J connectivity index is 1.40. The number of nitrogen functional groups attached to an aromatic ring is 1. The molecule has 4 rings (SSSR count). The van der Waals surface area contributed by atoms with Crippen LogP contribution in [0.2, 0.25) is 0 Å². The van der Waals surface area contributed by atoms with Crippen molar-refractivity contribution in [3.63, 3.8) is 0 Å². The van der Waals surface area contributed by atoms with Crippen molar-refractivity contribution < 1.29 is 4.79 Å². The Morgan fingerprint density at radius 2 is 2.21 bits per heavy atom. The highest BCUT2D eigenvalue weighted by Gasteiger charge is 2.19. The molecule has 4 N–H and O–H groups in total. The topological polar surface area (TPSA) is 119 Å². The second-order valence-electron chi connectivity index (χ2n) is 7.46. The maximum absolute atomic E-state index is 12.7. The molecule has 1 aliphatic carbocycles. The second kappa shape index (κ2) is 8.28. The molecule has 0 spiro atoms. The van der Waals surface area contributed by atoms with Gasteiger partial charge in [0.25, 0.3) is 5.56 Å². The number of hydrogen-bond acceptors (Lipinski definition) is 6. The van der Waals surface area contributed by atoms with E-state index in [0.29, 0.717) is 12.2 Å². The minimum atomic E-state index is -0.309. The molecule has 0 aromatic carbocycles. The predicted octanol–water partition coefficient (Wildman–Crippen LogP) is 2.22. The summed E-state index contributed by atoms with van der Waals surface area (Å²) in [6.45, 7) is 2.08. The van der Waals surface area contributed by atoms with Crippen LogP contribution in [0.4, 0.5) is 5.69 Å². The Bertz CT molecular complexity index is 1100. The number of imidazole rings is 1. The van der Waals surface area contributed by atoms with E-state index in [1.165, 1.54) is 23.8 Å². The Labute approximate surface area is 172 Å². The summed E-state index contributed by atoms with van der Waals surface area (Å²) in [5.41, 5.74) is 9.02. The fourth-order valence-corrected chi connectivity index (χ4v) is 4.55. The van der Waals surface area contributed by atoms with Crippen LogP contribution in [0.3, 0.4) is 0 Å². The largest absolute Gasteiger partial charge is 0.393 e. The van der Waals surface area contributed by atoms with Gasteiger partial charge in [-0.15, -0.1) is 11.8 Å². The van der Waals surface area contributed by atoms with Crippen molar-refractivity contribution in [3.8, 4) is 0 Å². The van der Waals surface area contributed by atoms with Crippen LogP contribution in [0, 0.1) is 12.8 Å². The summed E-state index contributed by atoms with van der Waals surface area (Å²) < 4.78 is 1.43. The first-order chi connectivity index (χ1) is 14.0. The van der Waals surface area contributed by atoms with Gasteiger partial charge in [-0.2, -0.15) is 0 Å². The number of anilines is 1. The number of nitrogens with one attached hydrogen (secondary N) is 2. The number of aromatic nitrogens is 4. The van der Waals surface area contributed by atoms with E-state index in [4.69, 9.17) is 5.73 Å². The molecule has 0 aliphatic heterocycles. The van der Waals surface area contributed by atoms with E-state index in [1.807, 2.05) is 19.1 Å². The van der Waals surface area contributed by atoms with Crippen molar-refractivity contribution >= 4 is 34.5 Å². The molecule has 3 aromatic rings. The van der Waals surface area contributed by atoms with Gasteiger partial charge in [0.15, 0.2) is 5.65 Å². The number of aryl methyl sites for hydroxylation is 1. The Morgan fingerprint density at radius 3 is 2.97 bits per heavy atom. The first-order valence-electron chi connectivity index (χ1n) is 9.68. The zero-order valence-corrected chi connectivity index (χ0v) is 17.1. The third-order valence-electron chi connectivity index (χ3n) is 5.33. The average molecular weight is 413 g/mol. The Hall–Kier alpha value is -2.81. The van der Waals surface area contributed by atoms with Crippen LogP contribution < -0.4 is 16.6 Å². The molecule has 152 valence electrons. The van der Waals surface area contributed by atoms with Crippen LogP contribution in [0.15, 0.2) is 34.3 Å². The molecule has 3 heterocycles. The third-order valence-corrected chi connectivity index (χ3v) is 6.61. The lowest BCUT2D eigenvalue weighted by Gasteiger charge is -2.25. The average Bonchev–Trinajstić information content (AvgIpc) is 3.14. The Kier molecular flexibility index (Phi) is 5.57. The number of carbonyl (C=O) groups excluding carboxylic acids is 1. The number of amides is 1. The van der Waals surface area contributed by atoms with Gasteiger partial charge in [-0.3, -0.25) is 9.59 Å². The van der Waals surface area contributed by atoms with E-state index in [1.54, 1.807) is 24.3 Å². The van der Waals surface area contributed by atoms with Crippen LogP contribution >= 0.6 is 11.8 Å². The minimum Gasteiger partial charge on any atom is -0.393 e. The van der Waals surface area contributed by atoms with Gasteiger partial charge in [0, 0.05) is 29.1 Å². The third kappa shape index (κ3) is 4.29. The molecule has 0 atom stereocenters. The maximum Gasteiger partial charge on any atom is 0.275 e. The molecule has 1 saturated carbocycles. The quantitative estimate of drug-likeness (QED) is 0.512. The molecule has 0 bridgehead atoms. The number of carbonyl (C=O) groups is 1. The fourth-order valence-electron chi connectivity index (χ4n) is 3.31. The van der Waals surface area contributed by atoms with Gasteiger partial charge in [0.1, 0.15) is 12.2 Å². The van der Waals surface area contributed by atoms with E-state index in [-0.39, 0.29) is 23.7 Å². The van der Waals surface area contributed by atoms with Crippen LogP contribution in [0.5, 0.6) is 0 Å². The SMILES string of the molecule is Cc1cc(SCC2CCC2)c(N)c(=O)n1CC(=O)NCc1cnc2nc[nH]c2c1. The maximum atomic E-state index is 12.7. The highest BCUT2D eigenvalue weighted by atomic mass is 32.2. The predicted molar refractivity (Wildman–Crippen MR) is 114 cm³/mol. The van der Waals surface area contributed by atoms with Gasteiger partial charge in [0.05, 0.1) is 11.8 Å². The van der Waals surface area contributed by atoms with Crippen LogP contribution in [-0.4, -0.2) is 31.2 Å². The number of H-pyrrole nitrogens is 1. The van der Waals surface area contributed by atoms with Crippen LogP contribution in [0.25, 0.3) is 11.2 Å². The molecule has 9 heteroatoms. The molecular weight excluding hydrogens is 388 g/mol. The molecule has 1 amide bonds. The summed E-state index contributed by atoms with van der Waals surface area (Å²) >= 11 is 1.64. The van der Waals surface area contributed by atoms with Gasteiger partial charge in [-0.1, -0.05) is 6.42 Å². The first-order valence-corrected chi connectivity index (χ1v) is 10.7. The number of pyridine rings is 2. The normalized spacial score (nSPS) is 14.1. The molecule has 29 heavy (non-hydrogen) atoms. The van der Waals surface area contributed by atoms with Crippen LogP contribution in [0.1, 0.15) is 30.5 Å². The summed E-state index contributed by atoms with van der Waals surface area (Å²) in [7, 11) is 0. The van der Waals surface area contributed by atoms with Crippen molar-refractivity contribution in [2.45, 2.75) is 44.2 Å². The molecule has 1 aliphatic rings. The number of nitrogens with two attached hydrogens (primary N) is 1. The van der Waals surface area contributed by atoms with E-state index < -0.39 is 0 Å². The van der Waals surface area contributed by atoms with E-state index in [0.717, 1.165) is 33.3 Å². The minimum absolute atomic E-state index is 0.0673. The highest BCUT2D eigenvalue weighted by molar-refractivity contribution is 7.99. The van der Waals surface area contributed by atoms with E-state index >= 15 is 0 Å². The fraction of sp³-hybridized carbons (Fsp3) is 0.400. The van der Waals surface area contributed by atoms with E-state index in [9.17, 15) is 9.59 Å². The summed E-state index contributed by atoms with van der Waals surface area (Å²) in [6.07, 6.45) is 7.06. The summed E-state index contributed by atoms with van der Waals surface area (Å²) in [4.78, 5) is 37.2. The number of fused-ring (bicyclic) bond motifs is 1. The lowest BCUT2D eigenvalue weighted by molar-refractivity contribution is -0.121. The van der Waals surface area contributed by atoms with Crippen molar-refractivity contribution in [2.24, 2.45) is 5.92 Å². The zero-order valence-electron chi connectivity index (χ0n) is 16.3. The lowest BCUT2D eigenvalue weighted by Crippen LogP contribution is -2.34. The van der Waals surface area contributed by atoms with E-state index in [2.05, 4.69) is 20.3 Å². The van der Waals surface area contributed by atoms with Gasteiger partial charge in [-0.25, -0.2) is 9.97 Å². The van der Waals surface area contributed by atoms with Crippen molar-refractivity contribution in [3.05, 3.63) is 46.3 Å². The number of rotatable bonds is 7. The van der Waals surface area contributed by atoms with Crippen molar-refractivity contribution in [2.75, 3.05) is 11.5 Å². The number of nitrogens with zero attached hydrogens (tertiary/aromatic N) is 3. The van der Waals surface area contributed by atoms with Crippen molar-refractivity contribution in [1.82, 2.24) is 24.8 Å². The summed E-state index contributed by atoms with van der Waals surface area (Å²) in [5.74, 6) is 1.46. The smallest absolute Gasteiger partial charge is 0.275 e. The molecule has 0 saturated heterocycles. The lowest BCUT2D eigenvalue weighted by atomic mass is 9.87. The monoisotopic (exact) mass is 412 g/mol. The molecule has 8 nitrogen and oxygen atoms in total. The molecule has 0 radical (unpaired) electrons. The molecule has 3 aromatic heterocycles. The summed E-state index contributed by atoms with van der Waals surface area (Å²) in [6, 6.07) is 3.79. The zero-order chi connectivity index (χ0) is 20.4. The van der Waals surface area contributed by atoms with Gasteiger partial charge in [0.2, 0.25) is 5.91 Å². The second-order valence-corrected chi connectivity index (χ2v) is 8.52. The number of thioether (sulfide) groups is 1. The Morgan fingerprint density at radius 1 is 1.38 bits per heavy atom. The molecule has 0 unspecified atom stereocenters. The van der Waals surface area contributed by atoms with Gasteiger partial charge >= 0.3 is 0 Å². The van der Waals surface area contributed by atoms with Crippen LogP contribution in [-0.2, 0) is 17.9 Å². The van der Waals surface area contributed by atoms with Gasteiger partial charge < -0.3 is 20.6 Å². The molecule has 1 fully saturated rings.